The van der Waals surface area contributed by atoms with Gasteiger partial charge in [-0.1, -0.05) is 6.07 Å². The lowest BCUT2D eigenvalue weighted by Gasteiger charge is -2.19. The van der Waals surface area contributed by atoms with Crippen LogP contribution in [0, 0.1) is 0 Å². The van der Waals surface area contributed by atoms with Crippen LogP contribution in [-0.4, -0.2) is 58.2 Å². The number of hydrogen-bond donors (Lipinski definition) is 1. The molecule has 0 radical (unpaired) electrons. The number of carbonyl (C=O) groups is 1. The predicted octanol–water partition coefficient (Wildman–Crippen LogP) is 0.705. The van der Waals surface area contributed by atoms with Crippen LogP contribution in [0.15, 0.2) is 17.5 Å². The van der Waals surface area contributed by atoms with E-state index in [-0.39, 0.29) is 12.5 Å². The van der Waals surface area contributed by atoms with Gasteiger partial charge in [0.1, 0.15) is 0 Å². The number of amides is 1. The third-order valence-electron chi connectivity index (χ3n) is 2.82. The lowest BCUT2D eigenvalue weighted by molar-refractivity contribution is -0.120. The van der Waals surface area contributed by atoms with Crippen LogP contribution >= 0.6 is 11.3 Å². The maximum Gasteiger partial charge on any atom is 0.225 e. The molecule has 120 valence electrons. The first-order valence-electron chi connectivity index (χ1n) is 6.66. The van der Waals surface area contributed by atoms with Crippen LogP contribution in [0.2, 0.25) is 0 Å². The fourth-order valence-corrected chi connectivity index (χ4v) is 3.37. The maximum atomic E-state index is 11.7. The average molecular weight is 334 g/mol. The van der Waals surface area contributed by atoms with E-state index in [1.165, 1.54) is 21.9 Å². The first-order chi connectivity index (χ1) is 9.93. The van der Waals surface area contributed by atoms with E-state index in [2.05, 4.69) is 5.32 Å². The Bertz CT molecular complexity index is 514. The van der Waals surface area contributed by atoms with E-state index in [1.54, 1.807) is 7.11 Å². The van der Waals surface area contributed by atoms with Crippen molar-refractivity contribution < 1.29 is 17.9 Å². The van der Waals surface area contributed by atoms with Crippen molar-refractivity contribution in [3.8, 4) is 0 Å². The van der Waals surface area contributed by atoms with Crippen molar-refractivity contribution in [3.05, 3.63) is 22.4 Å². The van der Waals surface area contributed by atoms with Crippen molar-refractivity contribution in [2.45, 2.75) is 12.8 Å². The van der Waals surface area contributed by atoms with Crippen LogP contribution in [0.1, 0.15) is 11.3 Å². The number of rotatable bonds is 10. The number of nitrogens with zero attached hydrogens (tertiary/aromatic N) is 1. The van der Waals surface area contributed by atoms with Crippen molar-refractivity contribution >= 4 is 27.3 Å². The summed E-state index contributed by atoms with van der Waals surface area (Å²) in [6.07, 6.45) is 2.14. The molecule has 1 N–H and O–H groups in total. The third kappa shape index (κ3) is 7.56. The molecule has 0 aliphatic carbocycles. The van der Waals surface area contributed by atoms with Gasteiger partial charge in [-0.15, -0.1) is 11.3 Å². The largest absolute Gasteiger partial charge is 0.385 e. The number of carbonyl (C=O) groups excluding carboxylic acids is 1. The Kier molecular flexibility index (Phi) is 7.87. The number of methoxy groups -OCH3 is 1. The smallest absolute Gasteiger partial charge is 0.225 e. The molecule has 21 heavy (non-hydrogen) atoms. The monoisotopic (exact) mass is 334 g/mol. The van der Waals surface area contributed by atoms with Crippen molar-refractivity contribution in [3.63, 3.8) is 0 Å². The standard InChI is InChI=1S/C13H22N2O4S2/c1-19-9-4-7-15(21(2,17)18)8-6-14-13(16)11-12-5-3-10-20-12/h3,5,10H,4,6-9,11H2,1-2H3,(H,14,16). The average Bonchev–Trinajstić information content (AvgIpc) is 2.88. The Morgan fingerprint density at radius 1 is 1.43 bits per heavy atom. The van der Waals surface area contributed by atoms with Crippen LogP contribution in [0.3, 0.4) is 0 Å². The van der Waals surface area contributed by atoms with E-state index in [0.717, 1.165) is 4.88 Å². The van der Waals surface area contributed by atoms with Gasteiger partial charge < -0.3 is 10.1 Å². The number of hydrogen-bond acceptors (Lipinski definition) is 5. The molecule has 1 aromatic rings. The number of ether oxygens (including phenoxy) is 1. The van der Waals surface area contributed by atoms with Gasteiger partial charge in [0, 0.05) is 38.2 Å². The summed E-state index contributed by atoms with van der Waals surface area (Å²) < 4.78 is 29.5. The van der Waals surface area contributed by atoms with E-state index in [4.69, 9.17) is 4.74 Å². The summed E-state index contributed by atoms with van der Waals surface area (Å²) in [4.78, 5) is 12.7. The van der Waals surface area contributed by atoms with Gasteiger partial charge in [0.05, 0.1) is 12.7 Å². The highest BCUT2D eigenvalue weighted by atomic mass is 32.2. The molecule has 0 saturated carbocycles. The van der Waals surface area contributed by atoms with Crippen molar-refractivity contribution in [2.24, 2.45) is 0 Å². The number of thiophene rings is 1. The SMILES string of the molecule is COCCCN(CCNC(=O)Cc1cccs1)S(C)(=O)=O. The summed E-state index contributed by atoms with van der Waals surface area (Å²) in [5.41, 5.74) is 0. The zero-order chi connectivity index (χ0) is 15.7. The lowest BCUT2D eigenvalue weighted by atomic mass is 10.3. The fourth-order valence-electron chi connectivity index (χ4n) is 1.78. The van der Waals surface area contributed by atoms with Gasteiger partial charge >= 0.3 is 0 Å². The molecule has 8 heteroatoms. The second-order valence-electron chi connectivity index (χ2n) is 4.61. The molecule has 0 aliphatic rings. The Labute approximate surface area is 130 Å². The quantitative estimate of drug-likeness (QED) is 0.639. The minimum atomic E-state index is -3.26. The van der Waals surface area contributed by atoms with E-state index in [0.29, 0.717) is 32.5 Å². The number of nitrogens with one attached hydrogen (secondary N) is 1. The topological polar surface area (TPSA) is 75.7 Å². The van der Waals surface area contributed by atoms with Gasteiger partial charge in [-0.3, -0.25) is 4.79 Å². The molecule has 0 bridgehead atoms. The highest BCUT2D eigenvalue weighted by molar-refractivity contribution is 7.88. The summed E-state index contributed by atoms with van der Waals surface area (Å²) in [6, 6.07) is 3.80. The lowest BCUT2D eigenvalue weighted by Crippen LogP contribution is -2.39. The molecular formula is C13H22N2O4S2. The van der Waals surface area contributed by atoms with Gasteiger partial charge in [0.15, 0.2) is 0 Å². The second-order valence-corrected chi connectivity index (χ2v) is 7.63. The molecule has 0 spiro atoms. The van der Waals surface area contributed by atoms with Gasteiger partial charge in [0.25, 0.3) is 0 Å². The van der Waals surface area contributed by atoms with Gasteiger partial charge in [-0.25, -0.2) is 12.7 Å². The Hall–Kier alpha value is -0.960. The van der Waals surface area contributed by atoms with Gasteiger partial charge in [-0.05, 0) is 17.9 Å². The summed E-state index contributed by atoms with van der Waals surface area (Å²) in [7, 11) is -1.69. The van der Waals surface area contributed by atoms with Gasteiger partial charge in [0.2, 0.25) is 15.9 Å². The van der Waals surface area contributed by atoms with Crippen molar-refractivity contribution in [1.82, 2.24) is 9.62 Å². The molecule has 1 aromatic heterocycles. The molecule has 0 saturated heterocycles. The predicted molar refractivity (Wildman–Crippen MR) is 83.9 cm³/mol. The molecular weight excluding hydrogens is 312 g/mol. The molecule has 1 rings (SSSR count). The summed E-state index contributed by atoms with van der Waals surface area (Å²) in [5.74, 6) is -0.0946. The van der Waals surface area contributed by atoms with Crippen molar-refractivity contribution in [2.75, 3.05) is 39.6 Å². The zero-order valence-electron chi connectivity index (χ0n) is 12.4. The summed E-state index contributed by atoms with van der Waals surface area (Å²) in [5, 5.41) is 4.66. The molecule has 0 aromatic carbocycles. The molecule has 6 nitrogen and oxygen atoms in total. The van der Waals surface area contributed by atoms with E-state index >= 15 is 0 Å². The van der Waals surface area contributed by atoms with E-state index in [1.807, 2.05) is 17.5 Å². The molecule has 0 aliphatic heterocycles. The fraction of sp³-hybridized carbons (Fsp3) is 0.615. The van der Waals surface area contributed by atoms with Crippen LogP contribution in [0.25, 0.3) is 0 Å². The number of sulfonamides is 1. The van der Waals surface area contributed by atoms with E-state index in [9.17, 15) is 13.2 Å². The van der Waals surface area contributed by atoms with E-state index < -0.39 is 10.0 Å². The minimum absolute atomic E-state index is 0.0946. The molecule has 1 amide bonds. The highest BCUT2D eigenvalue weighted by Gasteiger charge is 2.16. The second kappa shape index (κ2) is 9.14. The Balaban J connectivity index is 2.33. The molecule has 1 heterocycles. The first-order valence-corrected chi connectivity index (χ1v) is 9.39. The molecule has 0 atom stereocenters. The zero-order valence-corrected chi connectivity index (χ0v) is 14.0. The first kappa shape index (κ1) is 18.1. The molecule has 0 unspecified atom stereocenters. The van der Waals surface area contributed by atoms with Crippen LogP contribution < -0.4 is 5.32 Å². The third-order valence-corrected chi connectivity index (χ3v) is 5.00. The summed E-state index contributed by atoms with van der Waals surface area (Å²) in [6.45, 7) is 1.49. The normalized spacial score (nSPS) is 11.8. The molecule has 0 fully saturated rings. The Morgan fingerprint density at radius 2 is 2.19 bits per heavy atom. The van der Waals surface area contributed by atoms with Crippen LogP contribution in [-0.2, 0) is 26.0 Å². The van der Waals surface area contributed by atoms with Crippen molar-refractivity contribution in [1.29, 1.82) is 0 Å². The van der Waals surface area contributed by atoms with Crippen LogP contribution in [0.5, 0.6) is 0 Å². The van der Waals surface area contributed by atoms with Gasteiger partial charge in [-0.2, -0.15) is 0 Å². The highest BCUT2D eigenvalue weighted by Crippen LogP contribution is 2.08. The Morgan fingerprint density at radius 3 is 2.76 bits per heavy atom. The minimum Gasteiger partial charge on any atom is -0.385 e. The maximum absolute atomic E-state index is 11.7. The van der Waals surface area contributed by atoms with Crippen LogP contribution in [0.4, 0.5) is 0 Å². The summed E-state index contributed by atoms with van der Waals surface area (Å²) >= 11 is 1.53.